The molecule has 1 aromatic carbocycles. The standard InChI is InChI=1S/C11H12BrF3O4/c1-16-10(17-2)6-18-7-3-4-9(8(12)5-7)19-11(13,14)15/h3-5,10H,6H2,1-2H3. The molecule has 0 aromatic heterocycles. The third kappa shape index (κ3) is 5.66. The highest BCUT2D eigenvalue weighted by atomic mass is 79.9. The molecule has 0 unspecified atom stereocenters. The van der Waals surface area contributed by atoms with Crippen LogP contribution in [0.3, 0.4) is 0 Å². The Hall–Kier alpha value is -0.990. The van der Waals surface area contributed by atoms with Crippen LogP contribution in [0, 0.1) is 0 Å². The van der Waals surface area contributed by atoms with Gasteiger partial charge in [0.2, 0.25) is 0 Å². The maximum Gasteiger partial charge on any atom is 0.573 e. The first-order valence-corrected chi connectivity index (χ1v) is 5.88. The number of methoxy groups -OCH3 is 2. The topological polar surface area (TPSA) is 36.9 Å². The van der Waals surface area contributed by atoms with Crippen LogP contribution in [0.25, 0.3) is 0 Å². The lowest BCUT2D eigenvalue weighted by Crippen LogP contribution is -2.22. The Bertz CT molecular complexity index is 407. The predicted molar refractivity (Wildman–Crippen MR) is 64.1 cm³/mol. The molecule has 0 amide bonds. The normalized spacial score (nSPS) is 11.7. The highest BCUT2D eigenvalue weighted by Gasteiger charge is 2.32. The summed E-state index contributed by atoms with van der Waals surface area (Å²) in [5, 5.41) is 0. The van der Waals surface area contributed by atoms with Crippen LogP contribution < -0.4 is 9.47 Å². The van der Waals surface area contributed by atoms with Gasteiger partial charge < -0.3 is 18.9 Å². The van der Waals surface area contributed by atoms with Crippen LogP contribution in [0.1, 0.15) is 0 Å². The van der Waals surface area contributed by atoms with Gasteiger partial charge in [0, 0.05) is 14.2 Å². The predicted octanol–water partition coefficient (Wildman–Crippen LogP) is 3.35. The van der Waals surface area contributed by atoms with Crippen molar-refractivity contribution in [3.8, 4) is 11.5 Å². The van der Waals surface area contributed by atoms with E-state index in [9.17, 15) is 13.2 Å². The van der Waals surface area contributed by atoms with Crippen LogP contribution >= 0.6 is 15.9 Å². The van der Waals surface area contributed by atoms with Crippen LogP contribution in [0.4, 0.5) is 13.2 Å². The van der Waals surface area contributed by atoms with E-state index in [1.54, 1.807) is 0 Å². The van der Waals surface area contributed by atoms with Crippen LogP contribution in [0.2, 0.25) is 0 Å². The van der Waals surface area contributed by atoms with Gasteiger partial charge in [0.05, 0.1) is 4.47 Å². The smallest absolute Gasteiger partial charge is 0.488 e. The minimum atomic E-state index is -4.73. The summed E-state index contributed by atoms with van der Waals surface area (Å²) in [6, 6.07) is 3.87. The third-order valence-electron chi connectivity index (χ3n) is 2.04. The van der Waals surface area contributed by atoms with Crippen molar-refractivity contribution < 1.29 is 32.1 Å². The highest BCUT2D eigenvalue weighted by Crippen LogP contribution is 2.33. The molecule has 0 saturated carbocycles. The monoisotopic (exact) mass is 344 g/mol. The second-order valence-corrected chi connectivity index (χ2v) is 4.21. The average Bonchev–Trinajstić information content (AvgIpc) is 2.32. The van der Waals surface area contributed by atoms with Gasteiger partial charge in [-0.05, 0) is 34.1 Å². The Morgan fingerprint density at radius 1 is 1.21 bits per heavy atom. The molecule has 0 fully saturated rings. The molecule has 0 aliphatic heterocycles. The van der Waals surface area contributed by atoms with E-state index in [4.69, 9.17) is 14.2 Å². The Balaban J connectivity index is 2.66. The van der Waals surface area contributed by atoms with Gasteiger partial charge in [-0.3, -0.25) is 0 Å². The van der Waals surface area contributed by atoms with E-state index in [1.165, 1.54) is 26.4 Å². The first-order chi connectivity index (χ1) is 8.85. The van der Waals surface area contributed by atoms with Crippen molar-refractivity contribution in [2.24, 2.45) is 0 Å². The lowest BCUT2D eigenvalue weighted by Gasteiger charge is -2.15. The van der Waals surface area contributed by atoms with Crippen molar-refractivity contribution in [1.82, 2.24) is 0 Å². The molecule has 0 aliphatic rings. The van der Waals surface area contributed by atoms with Gasteiger partial charge in [-0.1, -0.05) is 0 Å². The van der Waals surface area contributed by atoms with Crippen molar-refractivity contribution in [3.05, 3.63) is 22.7 Å². The average molecular weight is 345 g/mol. The van der Waals surface area contributed by atoms with E-state index >= 15 is 0 Å². The first-order valence-electron chi connectivity index (χ1n) is 5.09. The second-order valence-electron chi connectivity index (χ2n) is 3.35. The van der Waals surface area contributed by atoms with E-state index in [-0.39, 0.29) is 16.8 Å². The van der Waals surface area contributed by atoms with Crippen molar-refractivity contribution >= 4 is 15.9 Å². The Morgan fingerprint density at radius 3 is 2.32 bits per heavy atom. The molecule has 19 heavy (non-hydrogen) atoms. The van der Waals surface area contributed by atoms with E-state index in [1.807, 2.05) is 0 Å². The van der Waals surface area contributed by atoms with E-state index < -0.39 is 12.7 Å². The van der Waals surface area contributed by atoms with Gasteiger partial charge in [-0.25, -0.2) is 0 Å². The fourth-order valence-corrected chi connectivity index (χ4v) is 1.61. The van der Waals surface area contributed by atoms with Crippen LogP contribution in [0.15, 0.2) is 22.7 Å². The molecular weight excluding hydrogens is 333 g/mol. The zero-order valence-electron chi connectivity index (χ0n) is 10.2. The summed E-state index contributed by atoms with van der Waals surface area (Å²) >= 11 is 2.97. The molecule has 0 atom stereocenters. The zero-order valence-corrected chi connectivity index (χ0v) is 11.7. The highest BCUT2D eigenvalue weighted by molar-refractivity contribution is 9.10. The minimum Gasteiger partial charge on any atom is -0.488 e. The number of halogens is 4. The van der Waals surface area contributed by atoms with Crippen LogP contribution in [0.5, 0.6) is 11.5 Å². The van der Waals surface area contributed by atoms with Gasteiger partial charge in [0.1, 0.15) is 18.1 Å². The molecule has 1 rings (SSSR count). The molecule has 8 heteroatoms. The zero-order chi connectivity index (χ0) is 14.5. The first kappa shape index (κ1) is 16.1. The van der Waals surface area contributed by atoms with Gasteiger partial charge >= 0.3 is 6.36 Å². The summed E-state index contributed by atoms with van der Waals surface area (Å²) in [4.78, 5) is 0. The van der Waals surface area contributed by atoms with Gasteiger partial charge in [0.15, 0.2) is 6.29 Å². The molecule has 0 radical (unpaired) electrons. The summed E-state index contributed by atoms with van der Waals surface area (Å²) in [5.74, 6) is 0.0235. The largest absolute Gasteiger partial charge is 0.573 e. The Kier molecular flexibility index (Phi) is 5.89. The van der Waals surface area contributed by atoms with E-state index in [0.717, 1.165) is 6.07 Å². The molecule has 0 N–H and O–H groups in total. The third-order valence-corrected chi connectivity index (χ3v) is 2.66. The lowest BCUT2D eigenvalue weighted by atomic mass is 10.3. The number of rotatable bonds is 6. The number of benzene rings is 1. The maximum atomic E-state index is 12.1. The summed E-state index contributed by atoms with van der Waals surface area (Å²) in [7, 11) is 2.90. The SMILES string of the molecule is COC(COc1ccc(OC(F)(F)F)c(Br)c1)OC. The molecule has 108 valence electrons. The Morgan fingerprint density at radius 2 is 1.84 bits per heavy atom. The lowest BCUT2D eigenvalue weighted by molar-refractivity contribution is -0.274. The van der Waals surface area contributed by atoms with Gasteiger partial charge in [-0.15, -0.1) is 13.2 Å². The van der Waals surface area contributed by atoms with E-state index in [0.29, 0.717) is 5.75 Å². The van der Waals surface area contributed by atoms with Crippen LogP contribution in [-0.2, 0) is 9.47 Å². The molecule has 1 aromatic rings. The van der Waals surface area contributed by atoms with Gasteiger partial charge in [-0.2, -0.15) is 0 Å². The quantitative estimate of drug-likeness (QED) is 0.741. The fraction of sp³-hybridized carbons (Fsp3) is 0.455. The number of hydrogen-bond donors (Lipinski definition) is 0. The van der Waals surface area contributed by atoms with Crippen molar-refractivity contribution in [3.63, 3.8) is 0 Å². The molecule has 4 nitrogen and oxygen atoms in total. The molecule has 0 aliphatic carbocycles. The summed E-state index contributed by atoms with van der Waals surface area (Å²) < 4.78 is 55.2. The second kappa shape index (κ2) is 6.97. The molecule has 0 heterocycles. The maximum absolute atomic E-state index is 12.1. The molecular formula is C11H12BrF3O4. The minimum absolute atomic E-state index is 0.110. The summed E-state index contributed by atoms with van der Waals surface area (Å²) in [6.45, 7) is 0.110. The van der Waals surface area contributed by atoms with Crippen LogP contribution in [-0.4, -0.2) is 33.5 Å². The van der Waals surface area contributed by atoms with Crippen molar-refractivity contribution in [2.75, 3.05) is 20.8 Å². The molecule has 0 saturated heterocycles. The number of hydrogen-bond acceptors (Lipinski definition) is 4. The van der Waals surface area contributed by atoms with Crippen molar-refractivity contribution in [2.45, 2.75) is 12.7 Å². The number of ether oxygens (including phenoxy) is 4. The molecule has 0 spiro atoms. The molecule has 0 bridgehead atoms. The van der Waals surface area contributed by atoms with Crippen molar-refractivity contribution in [1.29, 1.82) is 0 Å². The summed E-state index contributed by atoms with van der Waals surface area (Å²) in [6.07, 6.45) is -5.29. The van der Waals surface area contributed by atoms with E-state index in [2.05, 4.69) is 20.7 Å². The Labute approximate surface area is 116 Å². The summed E-state index contributed by atoms with van der Waals surface area (Å²) in [5.41, 5.74) is 0. The van der Waals surface area contributed by atoms with Gasteiger partial charge in [0.25, 0.3) is 0 Å². The number of alkyl halides is 3. The fourth-order valence-electron chi connectivity index (χ4n) is 1.18.